The van der Waals surface area contributed by atoms with Gasteiger partial charge in [0.2, 0.25) is 0 Å². The van der Waals surface area contributed by atoms with Gasteiger partial charge in [0.1, 0.15) is 11.5 Å². The molecule has 1 aromatic heterocycles. The minimum Gasteiger partial charge on any atom is -0.371 e. The van der Waals surface area contributed by atoms with Crippen LogP contribution in [0.4, 0.5) is 13.2 Å². The molecule has 0 bridgehead atoms. The third kappa shape index (κ3) is 4.05. The number of nitrogens with one attached hydrogen (secondary N) is 1. The molecular weight excluding hydrogens is 307 g/mol. The first-order valence-corrected chi connectivity index (χ1v) is 7.32. The van der Waals surface area contributed by atoms with E-state index in [1.165, 1.54) is 0 Å². The molecule has 3 rings (SSSR count). The maximum absolute atomic E-state index is 12.7. The van der Waals surface area contributed by atoms with Crippen molar-refractivity contribution in [1.29, 1.82) is 0 Å². The molecule has 0 amide bonds. The fraction of sp³-hybridized carbons (Fsp3) is 0.375. The zero-order valence-electron chi connectivity index (χ0n) is 12.3. The lowest BCUT2D eigenvalue weighted by Crippen LogP contribution is -2.33. The predicted molar refractivity (Wildman–Crippen MR) is 77.8 cm³/mol. The Labute approximate surface area is 131 Å². The maximum atomic E-state index is 12.7. The molecule has 2 heterocycles. The first-order chi connectivity index (χ1) is 11.0. The van der Waals surface area contributed by atoms with Crippen LogP contribution >= 0.6 is 0 Å². The second kappa shape index (κ2) is 6.64. The van der Waals surface area contributed by atoms with Gasteiger partial charge in [-0.05, 0) is 17.2 Å². The summed E-state index contributed by atoms with van der Waals surface area (Å²) in [5.41, 5.74) is 0.989. The number of alkyl halides is 3. The van der Waals surface area contributed by atoms with Crippen molar-refractivity contribution in [3.05, 3.63) is 59.2 Å². The number of hydrogen-bond donors (Lipinski definition) is 1. The lowest BCUT2D eigenvalue weighted by atomic mass is 10.0. The van der Waals surface area contributed by atoms with E-state index in [1.54, 1.807) is 0 Å². The van der Waals surface area contributed by atoms with Crippen LogP contribution < -0.4 is 5.32 Å². The van der Waals surface area contributed by atoms with Crippen molar-refractivity contribution >= 4 is 0 Å². The number of halogens is 3. The van der Waals surface area contributed by atoms with Crippen LogP contribution in [0.15, 0.2) is 36.5 Å². The first-order valence-electron chi connectivity index (χ1n) is 7.32. The normalized spacial score (nSPS) is 18.8. The van der Waals surface area contributed by atoms with Gasteiger partial charge in [-0.25, -0.2) is 9.97 Å². The van der Waals surface area contributed by atoms with Crippen molar-refractivity contribution < 1.29 is 17.9 Å². The Morgan fingerprint density at radius 1 is 1.17 bits per heavy atom. The van der Waals surface area contributed by atoms with E-state index in [2.05, 4.69) is 15.3 Å². The van der Waals surface area contributed by atoms with Gasteiger partial charge in [0.25, 0.3) is 0 Å². The minimum absolute atomic E-state index is 0.0163. The van der Waals surface area contributed by atoms with E-state index in [4.69, 9.17) is 4.74 Å². The lowest BCUT2D eigenvalue weighted by Gasteiger charge is -2.24. The minimum atomic E-state index is -4.45. The molecule has 0 unspecified atom stereocenters. The SMILES string of the molecule is FC(F)(F)c1ccnc(Cc2ccc([C@@H]3CNCCO3)cc2)n1. The largest absolute Gasteiger partial charge is 0.433 e. The summed E-state index contributed by atoms with van der Waals surface area (Å²) in [4.78, 5) is 7.50. The van der Waals surface area contributed by atoms with Crippen LogP contribution in [0, 0.1) is 0 Å². The molecule has 0 radical (unpaired) electrons. The molecule has 1 N–H and O–H groups in total. The molecular formula is C16H16F3N3O. The van der Waals surface area contributed by atoms with E-state index in [0.29, 0.717) is 6.61 Å². The van der Waals surface area contributed by atoms with Crippen LogP contribution in [0.1, 0.15) is 28.7 Å². The van der Waals surface area contributed by atoms with Crippen molar-refractivity contribution in [1.82, 2.24) is 15.3 Å². The molecule has 1 fully saturated rings. The van der Waals surface area contributed by atoms with Crippen LogP contribution in [0.5, 0.6) is 0 Å². The molecule has 1 aromatic carbocycles. The quantitative estimate of drug-likeness (QED) is 0.943. The summed E-state index contributed by atoms with van der Waals surface area (Å²) in [6, 6.07) is 8.48. The van der Waals surface area contributed by atoms with Gasteiger partial charge in [0.05, 0.1) is 12.7 Å². The van der Waals surface area contributed by atoms with E-state index in [1.807, 2.05) is 24.3 Å². The Balaban J connectivity index is 1.71. The van der Waals surface area contributed by atoms with Crippen molar-refractivity contribution in [2.45, 2.75) is 18.7 Å². The van der Waals surface area contributed by atoms with E-state index >= 15 is 0 Å². The molecule has 0 spiro atoms. The Morgan fingerprint density at radius 3 is 2.61 bits per heavy atom. The zero-order valence-corrected chi connectivity index (χ0v) is 12.3. The van der Waals surface area contributed by atoms with Gasteiger partial charge in [0, 0.05) is 25.7 Å². The number of aromatic nitrogens is 2. The van der Waals surface area contributed by atoms with Crippen LogP contribution in [0.2, 0.25) is 0 Å². The van der Waals surface area contributed by atoms with Crippen LogP contribution in [0.25, 0.3) is 0 Å². The van der Waals surface area contributed by atoms with Crippen molar-refractivity contribution in [3.8, 4) is 0 Å². The fourth-order valence-corrected chi connectivity index (χ4v) is 2.45. The molecule has 1 aliphatic rings. The average molecular weight is 323 g/mol. The van der Waals surface area contributed by atoms with Gasteiger partial charge < -0.3 is 10.1 Å². The molecule has 0 saturated carbocycles. The van der Waals surface area contributed by atoms with E-state index in [0.717, 1.165) is 36.5 Å². The highest BCUT2D eigenvalue weighted by molar-refractivity contribution is 5.27. The Bertz CT molecular complexity index is 652. The number of rotatable bonds is 3. The monoisotopic (exact) mass is 323 g/mol. The molecule has 2 aromatic rings. The summed E-state index contributed by atoms with van der Waals surface area (Å²) in [7, 11) is 0. The smallest absolute Gasteiger partial charge is 0.371 e. The zero-order chi connectivity index (χ0) is 16.3. The first kappa shape index (κ1) is 15.9. The molecule has 0 aliphatic carbocycles. The number of hydrogen-bond acceptors (Lipinski definition) is 4. The highest BCUT2D eigenvalue weighted by Crippen LogP contribution is 2.27. The van der Waals surface area contributed by atoms with Gasteiger partial charge in [-0.3, -0.25) is 0 Å². The third-order valence-electron chi connectivity index (χ3n) is 3.64. The fourth-order valence-electron chi connectivity index (χ4n) is 2.45. The molecule has 1 atom stereocenters. The highest BCUT2D eigenvalue weighted by atomic mass is 19.4. The summed E-state index contributed by atoms with van der Waals surface area (Å²) in [5, 5.41) is 3.26. The molecule has 4 nitrogen and oxygen atoms in total. The van der Waals surface area contributed by atoms with Gasteiger partial charge in [-0.2, -0.15) is 13.2 Å². The summed E-state index contributed by atoms with van der Waals surface area (Å²) in [6.45, 7) is 2.28. The Hall–Kier alpha value is -1.99. The van der Waals surface area contributed by atoms with Gasteiger partial charge in [0.15, 0.2) is 0 Å². The van der Waals surface area contributed by atoms with Crippen molar-refractivity contribution in [3.63, 3.8) is 0 Å². The molecule has 7 heteroatoms. The number of morpholine rings is 1. The Morgan fingerprint density at radius 2 is 1.96 bits per heavy atom. The summed E-state index contributed by atoms with van der Waals surface area (Å²) >= 11 is 0. The average Bonchev–Trinajstić information content (AvgIpc) is 2.56. The highest BCUT2D eigenvalue weighted by Gasteiger charge is 2.32. The van der Waals surface area contributed by atoms with Crippen LogP contribution in [-0.4, -0.2) is 29.7 Å². The van der Waals surface area contributed by atoms with Gasteiger partial charge in [-0.1, -0.05) is 24.3 Å². The van der Waals surface area contributed by atoms with Crippen molar-refractivity contribution in [2.75, 3.05) is 19.7 Å². The molecule has 23 heavy (non-hydrogen) atoms. The van der Waals surface area contributed by atoms with E-state index in [9.17, 15) is 13.2 Å². The van der Waals surface area contributed by atoms with Crippen LogP contribution in [0.3, 0.4) is 0 Å². The third-order valence-corrected chi connectivity index (χ3v) is 3.64. The standard InChI is InChI=1S/C16H16F3N3O/c17-16(18,19)14-5-6-21-15(22-14)9-11-1-3-12(4-2-11)13-10-20-7-8-23-13/h1-6,13,20H,7-10H2/t13-/m0/s1. The number of ether oxygens (including phenoxy) is 1. The summed E-state index contributed by atoms with van der Waals surface area (Å²) < 4.78 is 43.6. The molecule has 1 aliphatic heterocycles. The Kier molecular flexibility index (Phi) is 4.58. The van der Waals surface area contributed by atoms with Gasteiger partial charge in [-0.15, -0.1) is 0 Å². The second-order valence-electron chi connectivity index (χ2n) is 5.34. The molecule has 122 valence electrons. The van der Waals surface area contributed by atoms with E-state index in [-0.39, 0.29) is 18.3 Å². The van der Waals surface area contributed by atoms with Crippen LogP contribution in [-0.2, 0) is 17.3 Å². The van der Waals surface area contributed by atoms with E-state index < -0.39 is 11.9 Å². The van der Waals surface area contributed by atoms with Crippen molar-refractivity contribution in [2.24, 2.45) is 0 Å². The summed E-state index contributed by atoms with van der Waals surface area (Å²) in [6.07, 6.45) is -3.04. The summed E-state index contributed by atoms with van der Waals surface area (Å²) in [5.74, 6) is 0.156. The maximum Gasteiger partial charge on any atom is 0.433 e. The topological polar surface area (TPSA) is 47.0 Å². The second-order valence-corrected chi connectivity index (χ2v) is 5.34. The number of benzene rings is 1. The molecule has 1 saturated heterocycles. The number of nitrogens with zero attached hydrogens (tertiary/aromatic N) is 2. The van der Waals surface area contributed by atoms with Gasteiger partial charge >= 0.3 is 6.18 Å². The predicted octanol–water partition coefficient (Wildman–Crippen LogP) is 2.75. The lowest BCUT2D eigenvalue weighted by molar-refractivity contribution is -0.141.